The van der Waals surface area contributed by atoms with Crippen molar-refractivity contribution in [2.75, 3.05) is 25.1 Å². The van der Waals surface area contributed by atoms with Crippen molar-refractivity contribution in [1.82, 2.24) is 19.5 Å². The lowest BCUT2D eigenvalue weighted by Gasteiger charge is -2.33. The number of likely N-dealkylation sites (tertiary alicyclic amines) is 1. The number of carbonyl (C=O) groups is 2. The van der Waals surface area contributed by atoms with Crippen LogP contribution in [0.2, 0.25) is 0 Å². The van der Waals surface area contributed by atoms with Crippen molar-refractivity contribution in [3.8, 4) is 5.75 Å². The van der Waals surface area contributed by atoms with Gasteiger partial charge >= 0.3 is 12.2 Å². The molecule has 44 heavy (non-hydrogen) atoms. The summed E-state index contributed by atoms with van der Waals surface area (Å²) in [5.41, 5.74) is 1.12. The summed E-state index contributed by atoms with van der Waals surface area (Å²) in [6.07, 6.45) is 2.58. The number of amides is 2. The summed E-state index contributed by atoms with van der Waals surface area (Å²) in [7, 11) is 1.46. The van der Waals surface area contributed by atoms with Gasteiger partial charge in [-0.2, -0.15) is 5.10 Å². The summed E-state index contributed by atoms with van der Waals surface area (Å²) >= 11 is 1.55. The number of anilines is 1. The number of methoxy groups -OCH3 is 1. The van der Waals surface area contributed by atoms with E-state index in [9.17, 15) is 14.0 Å². The molecule has 240 valence electrons. The van der Waals surface area contributed by atoms with Crippen LogP contribution in [0, 0.1) is 5.82 Å². The SMILES string of the molecule is COc1cc(F)ccc1CN(C(=O)OC(C)(C)C)c1cc(SC2CCCN(C(=O)OC(C)(C)C)C2)nn2c(C(C)C)cnc12. The van der Waals surface area contributed by atoms with E-state index in [1.807, 2.05) is 26.8 Å². The maximum absolute atomic E-state index is 14.1. The third kappa shape index (κ3) is 8.34. The number of benzene rings is 1. The molecule has 2 amide bonds. The predicted octanol–water partition coefficient (Wildman–Crippen LogP) is 7.43. The molecule has 12 heteroatoms. The summed E-state index contributed by atoms with van der Waals surface area (Å²) < 4.78 is 32.7. The molecular weight excluding hydrogens is 585 g/mol. The highest BCUT2D eigenvalue weighted by Crippen LogP contribution is 2.35. The molecule has 0 bridgehead atoms. The van der Waals surface area contributed by atoms with Crippen molar-refractivity contribution in [3.63, 3.8) is 0 Å². The second-order valence-corrected chi connectivity index (χ2v) is 14.6. The number of piperidine rings is 1. The van der Waals surface area contributed by atoms with Gasteiger partial charge in [-0.15, -0.1) is 0 Å². The van der Waals surface area contributed by atoms with Crippen molar-refractivity contribution in [1.29, 1.82) is 0 Å². The number of fused-ring (bicyclic) bond motifs is 1. The monoisotopic (exact) mass is 629 g/mol. The number of hydrogen-bond acceptors (Lipinski definition) is 8. The lowest BCUT2D eigenvalue weighted by molar-refractivity contribution is 0.0220. The van der Waals surface area contributed by atoms with Crippen LogP contribution >= 0.6 is 11.8 Å². The van der Waals surface area contributed by atoms with E-state index in [4.69, 9.17) is 19.3 Å². The number of halogens is 1. The molecular formula is C32H44FN5O5S. The molecule has 3 aromatic rings. The van der Waals surface area contributed by atoms with Gasteiger partial charge in [0.25, 0.3) is 0 Å². The Morgan fingerprint density at radius 3 is 2.45 bits per heavy atom. The molecule has 0 N–H and O–H groups in total. The number of thioether (sulfide) groups is 1. The largest absolute Gasteiger partial charge is 0.496 e. The first-order chi connectivity index (χ1) is 20.5. The van der Waals surface area contributed by atoms with Gasteiger partial charge < -0.3 is 19.1 Å². The Kier molecular flexibility index (Phi) is 10.0. The third-order valence-corrected chi connectivity index (χ3v) is 8.00. The number of carbonyl (C=O) groups excluding carboxylic acids is 2. The molecule has 1 aliphatic rings. The van der Waals surface area contributed by atoms with Crippen molar-refractivity contribution >= 4 is 35.3 Å². The number of nitrogens with zero attached hydrogens (tertiary/aromatic N) is 5. The fraction of sp³-hybridized carbons (Fsp3) is 0.562. The normalized spacial score (nSPS) is 15.9. The quantitative estimate of drug-likeness (QED) is 0.266. The molecule has 10 nitrogen and oxygen atoms in total. The zero-order valence-electron chi connectivity index (χ0n) is 27.1. The topological polar surface area (TPSA) is 98.5 Å². The highest BCUT2D eigenvalue weighted by molar-refractivity contribution is 7.99. The van der Waals surface area contributed by atoms with Crippen LogP contribution in [-0.4, -0.2) is 68.3 Å². The van der Waals surface area contributed by atoms with Crippen LogP contribution in [0.15, 0.2) is 35.5 Å². The zero-order chi connectivity index (χ0) is 32.4. The number of ether oxygens (including phenoxy) is 3. The first kappa shape index (κ1) is 33.4. The summed E-state index contributed by atoms with van der Waals surface area (Å²) in [6.45, 7) is 16.3. The van der Waals surface area contributed by atoms with E-state index in [0.29, 0.717) is 40.8 Å². The van der Waals surface area contributed by atoms with Crippen LogP contribution in [-0.2, 0) is 16.0 Å². The molecule has 1 saturated heterocycles. The first-order valence-electron chi connectivity index (χ1n) is 14.9. The van der Waals surface area contributed by atoms with Crippen molar-refractivity contribution in [3.05, 3.63) is 47.5 Å². The Bertz CT molecular complexity index is 1500. The highest BCUT2D eigenvalue weighted by Gasteiger charge is 2.31. The molecule has 1 fully saturated rings. The van der Waals surface area contributed by atoms with Gasteiger partial charge in [0.15, 0.2) is 5.65 Å². The molecule has 0 spiro atoms. The molecule has 1 unspecified atom stereocenters. The van der Waals surface area contributed by atoms with Gasteiger partial charge in [0, 0.05) is 30.0 Å². The average Bonchev–Trinajstić information content (AvgIpc) is 3.34. The van der Waals surface area contributed by atoms with Crippen LogP contribution in [0.5, 0.6) is 5.75 Å². The van der Waals surface area contributed by atoms with E-state index in [2.05, 4.69) is 18.8 Å². The van der Waals surface area contributed by atoms with E-state index in [0.717, 1.165) is 18.5 Å². The number of rotatable bonds is 7. The van der Waals surface area contributed by atoms with Gasteiger partial charge in [-0.1, -0.05) is 31.7 Å². The van der Waals surface area contributed by atoms with Crippen molar-refractivity contribution in [2.45, 2.75) is 102 Å². The van der Waals surface area contributed by atoms with Crippen LogP contribution in [0.25, 0.3) is 5.65 Å². The van der Waals surface area contributed by atoms with Crippen molar-refractivity contribution in [2.24, 2.45) is 0 Å². The van der Waals surface area contributed by atoms with Gasteiger partial charge in [-0.05, 0) is 72.4 Å². The number of hydrogen-bond donors (Lipinski definition) is 0. The summed E-state index contributed by atoms with van der Waals surface area (Å²) in [6, 6.07) is 6.06. The Labute approximate surface area is 263 Å². The van der Waals surface area contributed by atoms with Crippen LogP contribution in [0.4, 0.5) is 19.7 Å². The summed E-state index contributed by atoms with van der Waals surface area (Å²) in [5.74, 6) is -0.0221. The van der Waals surface area contributed by atoms with E-state index in [1.54, 1.807) is 54.2 Å². The predicted molar refractivity (Wildman–Crippen MR) is 169 cm³/mol. The maximum atomic E-state index is 14.1. The summed E-state index contributed by atoms with van der Waals surface area (Å²) in [5, 5.41) is 5.67. The molecule has 0 aliphatic carbocycles. The Morgan fingerprint density at radius 2 is 1.82 bits per heavy atom. The summed E-state index contributed by atoms with van der Waals surface area (Å²) in [4.78, 5) is 34.6. The Balaban J connectivity index is 1.77. The minimum absolute atomic E-state index is 0.0435. The van der Waals surface area contributed by atoms with E-state index >= 15 is 0 Å². The van der Waals surface area contributed by atoms with E-state index < -0.39 is 23.1 Å². The standard InChI is InChI=1S/C32H44FN5O5S/c1-20(2)25-17-34-28-24(37(30(40)43-32(6,7)8)18-21-12-13-22(33)15-26(21)41-9)16-27(35-38(25)28)44-23-11-10-14-36(19-23)29(39)42-31(3,4)5/h12-13,15-17,20,23H,10-11,14,18-19H2,1-9H3. The van der Waals surface area contributed by atoms with Gasteiger partial charge in [0.1, 0.15) is 27.8 Å². The maximum Gasteiger partial charge on any atom is 0.415 e. The molecule has 0 radical (unpaired) electrons. The lowest BCUT2D eigenvalue weighted by Crippen LogP contribution is -2.43. The number of imidazole rings is 1. The fourth-order valence-electron chi connectivity index (χ4n) is 4.88. The Hall–Kier alpha value is -3.54. The minimum Gasteiger partial charge on any atom is -0.496 e. The van der Waals surface area contributed by atoms with Gasteiger partial charge in [0.05, 0.1) is 31.2 Å². The Morgan fingerprint density at radius 1 is 1.11 bits per heavy atom. The molecule has 4 rings (SSSR count). The number of aromatic nitrogens is 3. The van der Waals surface area contributed by atoms with Gasteiger partial charge in [-0.25, -0.2) is 23.5 Å². The van der Waals surface area contributed by atoms with Crippen molar-refractivity contribution < 1.29 is 28.2 Å². The van der Waals surface area contributed by atoms with Gasteiger partial charge in [0.2, 0.25) is 0 Å². The average molecular weight is 630 g/mol. The molecule has 1 aliphatic heterocycles. The second-order valence-electron chi connectivity index (χ2n) is 13.3. The van der Waals surface area contributed by atoms with E-state index in [1.165, 1.54) is 24.1 Å². The third-order valence-electron chi connectivity index (χ3n) is 6.84. The molecule has 0 saturated carbocycles. The fourth-order valence-corrected chi connectivity index (χ4v) is 6.07. The molecule has 1 atom stereocenters. The molecule has 1 aromatic carbocycles. The minimum atomic E-state index is -0.769. The van der Waals surface area contributed by atoms with Crippen LogP contribution < -0.4 is 9.64 Å². The smallest absolute Gasteiger partial charge is 0.415 e. The van der Waals surface area contributed by atoms with Gasteiger partial charge in [-0.3, -0.25) is 4.90 Å². The zero-order valence-corrected chi connectivity index (χ0v) is 28.0. The lowest BCUT2D eigenvalue weighted by atomic mass is 10.1. The second kappa shape index (κ2) is 13.2. The molecule has 2 aromatic heterocycles. The van der Waals surface area contributed by atoms with E-state index in [-0.39, 0.29) is 23.8 Å². The van der Waals surface area contributed by atoms with Crippen LogP contribution in [0.1, 0.15) is 85.4 Å². The highest BCUT2D eigenvalue weighted by atomic mass is 32.2. The first-order valence-corrected chi connectivity index (χ1v) is 15.8. The molecule has 3 heterocycles. The van der Waals surface area contributed by atoms with Crippen LogP contribution in [0.3, 0.4) is 0 Å².